The van der Waals surface area contributed by atoms with Crippen LogP contribution in [0.15, 0.2) is 42.5 Å². The molecule has 0 aliphatic carbocycles. The summed E-state index contributed by atoms with van der Waals surface area (Å²) in [5.74, 6) is -1.21. The summed E-state index contributed by atoms with van der Waals surface area (Å²) in [4.78, 5) is 37.2. The molecule has 1 heterocycles. The Labute approximate surface area is 156 Å². The molecule has 0 bridgehead atoms. The van der Waals surface area contributed by atoms with Gasteiger partial charge in [-0.15, -0.1) is 0 Å². The van der Waals surface area contributed by atoms with E-state index >= 15 is 0 Å². The van der Waals surface area contributed by atoms with Crippen LogP contribution in [0.3, 0.4) is 0 Å². The monoisotopic (exact) mass is 369 g/mol. The normalized spacial score (nSPS) is 13.6. The molecule has 0 saturated carbocycles. The average molecular weight is 369 g/mol. The van der Waals surface area contributed by atoms with Crippen molar-refractivity contribution in [3.8, 4) is 0 Å². The molecule has 2 aromatic carbocycles. The molecule has 0 radical (unpaired) electrons. The first-order valence-corrected chi connectivity index (χ1v) is 8.67. The maximum atomic E-state index is 13.7. The van der Waals surface area contributed by atoms with Crippen LogP contribution in [-0.4, -0.2) is 29.2 Å². The smallest absolute Gasteiger partial charge is 0.255 e. The zero-order valence-electron chi connectivity index (χ0n) is 14.9. The fourth-order valence-electron chi connectivity index (χ4n) is 2.99. The number of hydrogen-bond acceptors (Lipinski definition) is 3. The second-order valence-electron chi connectivity index (χ2n) is 6.45. The van der Waals surface area contributed by atoms with E-state index in [1.54, 1.807) is 23.1 Å². The lowest BCUT2D eigenvalue weighted by molar-refractivity contribution is -0.128. The number of nitrogens with one attached hydrogen (secondary N) is 2. The van der Waals surface area contributed by atoms with Gasteiger partial charge >= 0.3 is 0 Å². The van der Waals surface area contributed by atoms with Gasteiger partial charge in [0.1, 0.15) is 5.82 Å². The predicted octanol–water partition coefficient (Wildman–Crippen LogP) is 3.16. The van der Waals surface area contributed by atoms with Crippen molar-refractivity contribution < 1.29 is 18.8 Å². The SMILES string of the molecule is CC(=O)Nc1cc(NC(=O)c2cccc(CN3CCCC3=O)c2)ccc1F. The van der Waals surface area contributed by atoms with Crippen LogP contribution in [-0.2, 0) is 16.1 Å². The third-order valence-electron chi connectivity index (χ3n) is 4.27. The van der Waals surface area contributed by atoms with Crippen molar-refractivity contribution in [1.82, 2.24) is 4.90 Å². The van der Waals surface area contributed by atoms with Crippen molar-refractivity contribution in [2.75, 3.05) is 17.2 Å². The Bertz CT molecular complexity index is 898. The number of anilines is 2. The third-order valence-corrected chi connectivity index (χ3v) is 4.27. The first kappa shape index (κ1) is 18.6. The molecule has 1 fully saturated rings. The lowest BCUT2D eigenvalue weighted by Crippen LogP contribution is -2.24. The quantitative estimate of drug-likeness (QED) is 0.850. The molecule has 2 aromatic rings. The Morgan fingerprint density at radius 1 is 1.15 bits per heavy atom. The summed E-state index contributed by atoms with van der Waals surface area (Å²) in [7, 11) is 0. The highest BCUT2D eigenvalue weighted by molar-refractivity contribution is 6.04. The van der Waals surface area contributed by atoms with Crippen LogP contribution in [0.25, 0.3) is 0 Å². The molecule has 0 atom stereocenters. The number of nitrogens with zero attached hydrogens (tertiary/aromatic N) is 1. The number of hydrogen-bond donors (Lipinski definition) is 2. The van der Waals surface area contributed by atoms with E-state index in [-0.39, 0.29) is 17.5 Å². The summed E-state index contributed by atoms with van der Waals surface area (Å²) in [6.45, 7) is 2.49. The van der Waals surface area contributed by atoms with Crippen molar-refractivity contribution in [2.45, 2.75) is 26.3 Å². The Morgan fingerprint density at radius 2 is 1.96 bits per heavy atom. The fraction of sp³-hybridized carbons (Fsp3) is 0.250. The summed E-state index contributed by atoms with van der Waals surface area (Å²) in [5, 5.41) is 5.07. The van der Waals surface area contributed by atoms with Crippen molar-refractivity contribution in [3.63, 3.8) is 0 Å². The number of carbonyl (C=O) groups excluding carboxylic acids is 3. The standard InChI is InChI=1S/C20H20FN3O3/c1-13(25)22-18-11-16(7-8-17(18)21)23-20(27)15-5-2-4-14(10-15)12-24-9-3-6-19(24)26/h2,4-5,7-8,10-11H,3,6,9,12H2,1H3,(H,22,25)(H,23,27). The average Bonchev–Trinajstić information content (AvgIpc) is 3.02. The largest absolute Gasteiger partial charge is 0.338 e. The van der Waals surface area contributed by atoms with E-state index < -0.39 is 11.7 Å². The van der Waals surface area contributed by atoms with Gasteiger partial charge in [0, 0.05) is 37.7 Å². The highest BCUT2D eigenvalue weighted by Crippen LogP contribution is 2.21. The first-order chi connectivity index (χ1) is 12.9. The lowest BCUT2D eigenvalue weighted by atomic mass is 10.1. The third kappa shape index (κ3) is 4.69. The molecule has 1 aliphatic heterocycles. The van der Waals surface area contributed by atoms with E-state index in [9.17, 15) is 18.8 Å². The number of amides is 3. The molecule has 3 rings (SSSR count). The summed E-state index contributed by atoms with van der Waals surface area (Å²) in [6, 6.07) is 11.0. The van der Waals surface area contributed by atoms with Crippen molar-refractivity contribution in [2.24, 2.45) is 0 Å². The fourth-order valence-corrected chi connectivity index (χ4v) is 2.99. The Kier molecular flexibility index (Phi) is 5.49. The zero-order chi connectivity index (χ0) is 19.4. The van der Waals surface area contributed by atoms with Gasteiger partial charge in [-0.1, -0.05) is 12.1 Å². The molecular weight excluding hydrogens is 349 g/mol. The second-order valence-corrected chi connectivity index (χ2v) is 6.45. The molecule has 3 amide bonds. The topological polar surface area (TPSA) is 78.5 Å². The minimum absolute atomic E-state index is 0.00148. The number of benzene rings is 2. The van der Waals surface area contributed by atoms with E-state index in [2.05, 4.69) is 10.6 Å². The minimum atomic E-state index is -0.583. The molecule has 0 spiro atoms. The number of likely N-dealkylation sites (tertiary alicyclic amines) is 1. The molecule has 0 unspecified atom stereocenters. The van der Waals surface area contributed by atoms with Gasteiger partial charge < -0.3 is 15.5 Å². The molecule has 7 heteroatoms. The maximum absolute atomic E-state index is 13.7. The van der Waals surface area contributed by atoms with Crippen LogP contribution >= 0.6 is 0 Å². The van der Waals surface area contributed by atoms with Gasteiger partial charge in [0.2, 0.25) is 11.8 Å². The van der Waals surface area contributed by atoms with Crippen LogP contribution in [0.1, 0.15) is 35.7 Å². The molecule has 140 valence electrons. The second kappa shape index (κ2) is 7.99. The Hall–Kier alpha value is -3.22. The van der Waals surface area contributed by atoms with Crippen molar-refractivity contribution in [1.29, 1.82) is 0 Å². The summed E-state index contributed by atoms with van der Waals surface area (Å²) in [6.07, 6.45) is 1.43. The molecule has 1 aliphatic rings. The number of halogens is 1. The molecule has 0 aromatic heterocycles. The summed E-state index contributed by atoms with van der Waals surface area (Å²) < 4.78 is 13.7. The predicted molar refractivity (Wildman–Crippen MR) is 99.7 cm³/mol. The molecule has 6 nitrogen and oxygen atoms in total. The van der Waals surface area contributed by atoms with Crippen LogP contribution < -0.4 is 10.6 Å². The van der Waals surface area contributed by atoms with Gasteiger partial charge in [-0.3, -0.25) is 14.4 Å². The summed E-state index contributed by atoms with van der Waals surface area (Å²) >= 11 is 0. The van der Waals surface area contributed by atoms with Gasteiger partial charge in [-0.2, -0.15) is 0 Å². The highest BCUT2D eigenvalue weighted by Gasteiger charge is 2.20. The van der Waals surface area contributed by atoms with E-state index in [1.165, 1.54) is 25.1 Å². The highest BCUT2D eigenvalue weighted by atomic mass is 19.1. The van der Waals surface area contributed by atoms with E-state index in [1.807, 2.05) is 6.07 Å². The van der Waals surface area contributed by atoms with Crippen LogP contribution in [0.5, 0.6) is 0 Å². The molecule has 2 N–H and O–H groups in total. The van der Waals surface area contributed by atoms with Gasteiger partial charge in [0.05, 0.1) is 5.69 Å². The van der Waals surface area contributed by atoms with Crippen LogP contribution in [0.2, 0.25) is 0 Å². The number of carbonyl (C=O) groups is 3. The van der Waals surface area contributed by atoms with Gasteiger partial charge in [-0.05, 0) is 42.3 Å². The van der Waals surface area contributed by atoms with Crippen molar-refractivity contribution >= 4 is 29.1 Å². The number of rotatable bonds is 5. The van der Waals surface area contributed by atoms with Gasteiger partial charge in [-0.25, -0.2) is 4.39 Å². The van der Waals surface area contributed by atoms with Crippen LogP contribution in [0, 0.1) is 5.82 Å². The lowest BCUT2D eigenvalue weighted by Gasteiger charge is -2.16. The Morgan fingerprint density at radius 3 is 2.67 bits per heavy atom. The van der Waals surface area contributed by atoms with E-state index in [0.29, 0.717) is 24.2 Å². The van der Waals surface area contributed by atoms with E-state index in [0.717, 1.165) is 18.5 Å². The molecule has 27 heavy (non-hydrogen) atoms. The van der Waals surface area contributed by atoms with Gasteiger partial charge in [0.15, 0.2) is 0 Å². The summed E-state index contributed by atoms with van der Waals surface area (Å²) in [5.41, 5.74) is 1.67. The molecule has 1 saturated heterocycles. The van der Waals surface area contributed by atoms with Gasteiger partial charge in [0.25, 0.3) is 5.91 Å². The molecular formula is C20H20FN3O3. The zero-order valence-corrected chi connectivity index (χ0v) is 14.9. The maximum Gasteiger partial charge on any atom is 0.255 e. The van der Waals surface area contributed by atoms with Crippen LogP contribution in [0.4, 0.5) is 15.8 Å². The Balaban J connectivity index is 1.72. The first-order valence-electron chi connectivity index (χ1n) is 8.67. The van der Waals surface area contributed by atoms with Crippen molar-refractivity contribution in [3.05, 3.63) is 59.4 Å². The minimum Gasteiger partial charge on any atom is -0.338 e. The van der Waals surface area contributed by atoms with E-state index in [4.69, 9.17) is 0 Å².